The van der Waals surface area contributed by atoms with Crippen molar-refractivity contribution in [3.05, 3.63) is 70.3 Å². The topological polar surface area (TPSA) is 105 Å². The van der Waals surface area contributed by atoms with E-state index in [1.165, 1.54) is 0 Å². The highest BCUT2D eigenvalue weighted by Crippen LogP contribution is 2.15. The predicted octanol–water partition coefficient (Wildman–Crippen LogP) is 2.48. The Morgan fingerprint density at radius 2 is 1.96 bits per heavy atom. The van der Waals surface area contributed by atoms with Crippen molar-refractivity contribution in [1.29, 1.82) is 5.26 Å². The number of hydrogen-bond donors (Lipinski definition) is 1. The zero-order valence-electron chi connectivity index (χ0n) is 13.9. The van der Waals surface area contributed by atoms with E-state index >= 15 is 0 Å². The number of esters is 1. The number of ether oxygens (including phenoxy) is 2. The molecule has 0 amide bonds. The highest BCUT2D eigenvalue weighted by atomic mass is 16.6. The molecule has 0 fully saturated rings. The van der Waals surface area contributed by atoms with Crippen molar-refractivity contribution >= 4 is 16.9 Å². The number of nitriles is 1. The Bertz CT molecular complexity index is 1040. The Morgan fingerprint density at radius 1 is 1.23 bits per heavy atom. The fourth-order valence-electron chi connectivity index (χ4n) is 2.35. The standard InChI is InChI=1S/C19H15N3O4/c1-12(18-21-16-5-3-2-4-15(16)19(24)22-18)26-17(23)11-25-14-8-6-13(10-20)7-9-14/h2-9,12H,11H2,1H3,(H,21,22,24)/t12-/m0/s1. The number of carbonyl (C=O) groups excluding carboxylic acids is 1. The number of H-pyrrole nitrogens is 1. The molecule has 1 atom stereocenters. The Balaban J connectivity index is 1.63. The molecule has 0 aliphatic rings. The van der Waals surface area contributed by atoms with E-state index in [0.29, 0.717) is 22.2 Å². The smallest absolute Gasteiger partial charge is 0.344 e. The summed E-state index contributed by atoms with van der Waals surface area (Å²) in [4.78, 5) is 31.0. The molecule has 1 aromatic heterocycles. The van der Waals surface area contributed by atoms with Gasteiger partial charge in [0, 0.05) is 0 Å². The van der Waals surface area contributed by atoms with E-state index in [4.69, 9.17) is 14.7 Å². The van der Waals surface area contributed by atoms with Crippen LogP contribution in [0.1, 0.15) is 24.4 Å². The molecule has 0 saturated heterocycles. The molecular weight excluding hydrogens is 334 g/mol. The third kappa shape index (κ3) is 3.87. The summed E-state index contributed by atoms with van der Waals surface area (Å²) in [5, 5.41) is 9.21. The average molecular weight is 349 g/mol. The maximum Gasteiger partial charge on any atom is 0.344 e. The van der Waals surface area contributed by atoms with Gasteiger partial charge >= 0.3 is 5.97 Å². The van der Waals surface area contributed by atoms with Crippen LogP contribution in [0.3, 0.4) is 0 Å². The lowest BCUT2D eigenvalue weighted by Crippen LogP contribution is -2.20. The molecule has 1 N–H and O–H groups in total. The summed E-state index contributed by atoms with van der Waals surface area (Å²) in [5.74, 6) is 0.115. The second-order valence-electron chi connectivity index (χ2n) is 5.53. The molecule has 0 radical (unpaired) electrons. The number of aromatic amines is 1. The Kier molecular flexibility index (Phi) is 4.94. The van der Waals surface area contributed by atoms with Gasteiger partial charge in [0.2, 0.25) is 0 Å². The minimum absolute atomic E-state index is 0.264. The van der Waals surface area contributed by atoms with E-state index in [2.05, 4.69) is 9.97 Å². The number of benzene rings is 2. The maximum atomic E-state index is 12.1. The molecule has 7 nitrogen and oxygen atoms in total. The Morgan fingerprint density at radius 3 is 2.69 bits per heavy atom. The number of rotatable bonds is 5. The fourth-order valence-corrected chi connectivity index (χ4v) is 2.35. The lowest BCUT2D eigenvalue weighted by molar-refractivity contribution is -0.151. The molecule has 7 heteroatoms. The number of hydrogen-bond acceptors (Lipinski definition) is 6. The van der Waals surface area contributed by atoms with E-state index in [-0.39, 0.29) is 18.0 Å². The third-order valence-corrected chi connectivity index (χ3v) is 3.66. The second-order valence-corrected chi connectivity index (χ2v) is 5.53. The monoisotopic (exact) mass is 349 g/mol. The molecule has 0 saturated carbocycles. The van der Waals surface area contributed by atoms with Crippen LogP contribution in [0.2, 0.25) is 0 Å². The van der Waals surface area contributed by atoms with Crippen LogP contribution in [0.15, 0.2) is 53.3 Å². The van der Waals surface area contributed by atoms with Crippen LogP contribution in [0.25, 0.3) is 10.9 Å². The number of aromatic nitrogens is 2. The number of fused-ring (bicyclic) bond motifs is 1. The van der Waals surface area contributed by atoms with Gasteiger partial charge in [-0.1, -0.05) is 12.1 Å². The van der Waals surface area contributed by atoms with Crippen molar-refractivity contribution < 1.29 is 14.3 Å². The molecule has 3 rings (SSSR count). The van der Waals surface area contributed by atoms with Crippen molar-refractivity contribution in [2.24, 2.45) is 0 Å². The molecule has 0 aliphatic heterocycles. The van der Waals surface area contributed by atoms with Gasteiger partial charge in [0.25, 0.3) is 5.56 Å². The molecule has 2 aromatic carbocycles. The van der Waals surface area contributed by atoms with Crippen molar-refractivity contribution in [2.45, 2.75) is 13.0 Å². The number of para-hydroxylation sites is 1. The Labute approximate surface area is 148 Å². The predicted molar refractivity (Wildman–Crippen MR) is 93.5 cm³/mol. The zero-order chi connectivity index (χ0) is 18.5. The van der Waals surface area contributed by atoms with Gasteiger partial charge < -0.3 is 14.5 Å². The molecule has 0 aliphatic carbocycles. The summed E-state index contributed by atoms with van der Waals surface area (Å²) >= 11 is 0. The van der Waals surface area contributed by atoms with Crippen molar-refractivity contribution in [2.75, 3.05) is 6.61 Å². The lowest BCUT2D eigenvalue weighted by atomic mass is 10.2. The normalized spacial score (nSPS) is 11.5. The van der Waals surface area contributed by atoms with Gasteiger partial charge in [-0.2, -0.15) is 5.26 Å². The van der Waals surface area contributed by atoms with Crippen molar-refractivity contribution in [3.63, 3.8) is 0 Å². The number of nitrogens with one attached hydrogen (secondary N) is 1. The van der Waals surface area contributed by atoms with E-state index < -0.39 is 12.1 Å². The summed E-state index contributed by atoms with van der Waals surface area (Å²) in [6.45, 7) is 1.32. The molecule has 1 heterocycles. The first-order valence-corrected chi connectivity index (χ1v) is 7.88. The molecule has 3 aromatic rings. The first kappa shape index (κ1) is 17.2. The van der Waals surface area contributed by atoms with Gasteiger partial charge in [-0.3, -0.25) is 4.79 Å². The van der Waals surface area contributed by atoms with Crippen molar-refractivity contribution in [1.82, 2.24) is 9.97 Å². The lowest BCUT2D eigenvalue weighted by Gasteiger charge is -2.13. The van der Waals surface area contributed by atoms with Crippen LogP contribution in [-0.4, -0.2) is 22.5 Å². The van der Waals surface area contributed by atoms with Crippen LogP contribution >= 0.6 is 0 Å². The van der Waals surface area contributed by atoms with Crippen molar-refractivity contribution in [3.8, 4) is 11.8 Å². The second kappa shape index (κ2) is 7.49. The minimum atomic E-state index is -0.732. The zero-order valence-corrected chi connectivity index (χ0v) is 13.9. The van der Waals surface area contributed by atoms with Crippen LogP contribution in [0, 0.1) is 11.3 Å². The molecular formula is C19H15N3O4. The molecule has 130 valence electrons. The number of nitrogens with zero attached hydrogens (tertiary/aromatic N) is 2. The van der Waals surface area contributed by atoms with E-state index in [9.17, 15) is 9.59 Å². The summed E-state index contributed by atoms with van der Waals surface area (Å²) in [7, 11) is 0. The van der Waals surface area contributed by atoms with E-state index in [1.807, 2.05) is 6.07 Å². The van der Waals surface area contributed by atoms with Gasteiger partial charge in [0.05, 0.1) is 22.5 Å². The van der Waals surface area contributed by atoms with Crippen LogP contribution < -0.4 is 10.3 Å². The first-order chi connectivity index (χ1) is 12.6. The Hall–Kier alpha value is -3.66. The number of carbonyl (C=O) groups is 1. The van der Waals surface area contributed by atoms with E-state index in [0.717, 1.165) is 0 Å². The molecule has 26 heavy (non-hydrogen) atoms. The highest BCUT2D eigenvalue weighted by molar-refractivity contribution is 5.77. The molecule has 0 unspecified atom stereocenters. The van der Waals surface area contributed by atoms with Crippen LogP contribution in [0.5, 0.6) is 5.75 Å². The summed E-state index contributed by atoms with van der Waals surface area (Å²) in [6, 6.07) is 15.3. The van der Waals surface area contributed by atoms with E-state index in [1.54, 1.807) is 55.5 Å². The quantitative estimate of drug-likeness (QED) is 0.710. The average Bonchev–Trinajstić information content (AvgIpc) is 2.66. The van der Waals surface area contributed by atoms with Gasteiger partial charge in [-0.15, -0.1) is 0 Å². The highest BCUT2D eigenvalue weighted by Gasteiger charge is 2.16. The maximum absolute atomic E-state index is 12.1. The molecule has 0 spiro atoms. The fraction of sp³-hybridized carbons (Fsp3) is 0.158. The minimum Gasteiger partial charge on any atom is -0.482 e. The SMILES string of the molecule is C[C@H](OC(=O)COc1ccc(C#N)cc1)c1nc2ccccc2c(=O)[nH]1. The summed E-state index contributed by atoms with van der Waals surface area (Å²) < 4.78 is 10.6. The summed E-state index contributed by atoms with van der Waals surface area (Å²) in [5.41, 5.74) is 0.741. The first-order valence-electron chi connectivity index (χ1n) is 7.88. The molecule has 0 bridgehead atoms. The van der Waals surface area contributed by atoms with Gasteiger partial charge in [0.15, 0.2) is 18.5 Å². The van der Waals surface area contributed by atoms with Gasteiger partial charge in [0.1, 0.15) is 5.75 Å². The van der Waals surface area contributed by atoms with Crippen LogP contribution in [0.4, 0.5) is 0 Å². The van der Waals surface area contributed by atoms with Gasteiger partial charge in [-0.25, -0.2) is 9.78 Å². The summed E-state index contributed by atoms with van der Waals surface area (Å²) in [6.07, 6.45) is -0.732. The largest absolute Gasteiger partial charge is 0.482 e. The van der Waals surface area contributed by atoms with Gasteiger partial charge in [-0.05, 0) is 43.3 Å². The third-order valence-electron chi connectivity index (χ3n) is 3.66. The van der Waals surface area contributed by atoms with Crippen LogP contribution in [-0.2, 0) is 9.53 Å².